The second-order valence-corrected chi connectivity index (χ2v) is 6.99. The maximum Gasteiger partial charge on any atom is 0.347 e. The van der Waals surface area contributed by atoms with Gasteiger partial charge in [0.1, 0.15) is 27.7 Å². The minimum atomic E-state index is -0.970. The van der Waals surface area contributed by atoms with E-state index < -0.39 is 5.97 Å². The molecule has 0 unspecified atom stereocenters. The minimum Gasteiger partial charge on any atom is -0.477 e. The molecule has 0 bridgehead atoms. The lowest BCUT2D eigenvalue weighted by Gasteiger charge is -2.12. The first-order valence-electron chi connectivity index (χ1n) is 8.45. The molecule has 0 aliphatic carbocycles. The van der Waals surface area contributed by atoms with Crippen LogP contribution in [0.25, 0.3) is 21.7 Å². The Morgan fingerprint density at radius 2 is 1.79 bits per heavy atom. The molecule has 7 heteroatoms. The molecule has 0 aliphatic heterocycles. The molecule has 1 N–H and O–H groups in total. The number of carboxylic acid groups (broad SMARTS) is 1. The van der Waals surface area contributed by atoms with Gasteiger partial charge in [-0.05, 0) is 37.3 Å². The molecule has 2 heterocycles. The number of aryl methyl sites for hydroxylation is 1. The topological polar surface area (TPSA) is 85.2 Å². The van der Waals surface area contributed by atoms with E-state index in [9.17, 15) is 9.90 Å². The normalized spacial score (nSPS) is 10.6. The van der Waals surface area contributed by atoms with Crippen molar-refractivity contribution < 1.29 is 14.6 Å². The van der Waals surface area contributed by atoms with Crippen molar-refractivity contribution in [2.75, 3.05) is 0 Å². The zero-order valence-corrected chi connectivity index (χ0v) is 15.7. The Labute approximate surface area is 165 Å². The second-order valence-electron chi connectivity index (χ2n) is 5.99. The summed E-state index contributed by atoms with van der Waals surface area (Å²) in [5.74, 6) is 0.394. The molecule has 0 atom stereocenters. The summed E-state index contributed by atoms with van der Waals surface area (Å²) < 4.78 is 6.06. The Kier molecular flexibility index (Phi) is 4.82. The highest BCUT2D eigenvalue weighted by molar-refractivity contribution is 7.17. The van der Waals surface area contributed by atoms with Crippen LogP contribution in [-0.2, 0) is 0 Å². The summed E-state index contributed by atoms with van der Waals surface area (Å²) in [5.41, 5.74) is 2.90. The number of para-hydroxylation sites is 1. The van der Waals surface area contributed by atoms with Crippen molar-refractivity contribution in [3.8, 4) is 33.2 Å². The number of aromatic nitrogens is 3. The van der Waals surface area contributed by atoms with Gasteiger partial charge in [-0.15, -0.1) is 11.3 Å². The van der Waals surface area contributed by atoms with Gasteiger partial charge in [-0.25, -0.2) is 19.7 Å². The highest BCUT2D eigenvalue weighted by Crippen LogP contribution is 2.37. The highest BCUT2D eigenvalue weighted by Gasteiger charge is 2.17. The van der Waals surface area contributed by atoms with Crippen LogP contribution >= 0.6 is 11.3 Å². The van der Waals surface area contributed by atoms with Gasteiger partial charge in [0.05, 0.1) is 5.69 Å². The summed E-state index contributed by atoms with van der Waals surface area (Å²) >= 11 is 1.15. The molecule has 2 aromatic carbocycles. The average Bonchev–Trinajstić information content (AvgIpc) is 3.12. The molecule has 28 heavy (non-hydrogen) atoms. The van der Waals surface area contributed by atoms with E-state index in [1.54, 1.807) is 19.3 Å². The van der Waals surface area contributed by atoms with Gasteiger partial charge in [0.25, 0.3) is 0 Å². The van der Waals surface area contributed by atoms with Crippen LogP contribution in [-0.4, -0.2) is 26.0 Å². The number of aromatic carboxylic acids is 1. The SMILES string of the molecule is Cc1nc(-c2ccc(Oc3ccccc3)c(-c3cncnc3)c2)sc1C(=O)O. The predicted octanol–water partition coefficient (Wildman–Crippen LogP) is 5.07. The molecule has 0 saturated carbocycles. The van der Waals surface area contributed by atoms with Gasteiger partial charge in [-0.3, -0.25) is 0 Å². The lowest BCUT2D eigenvalue weighted by atomic mass is 10.0. The van der Waals surface area contributed by atoms with Crippen molar-refractivity contribution >= 4 is 17.3 Å². The van der Waals surface area contributed by atoms with Crippen molar-refractivity contribution in [2.45, 2.75) is 6.92 Å². The third kappa shape index (κ3) is 3.60. The first-order chi connectivity index (χ1) is 13.6. The molecule has 0 spiro atoms. The molecule has 4 aromatic rings. The Bertz CT molecular complexity index is 1130. The molecule has 0 amide bonds. The van der Waals surface area contributed by atoms with Crippen molar-refractivity contribution in [3.05, 3.63) is 77.8 Å². The van der Waals surface area contributed by atoms with Crippen LogP contribution in [0.2, 0.25) is 0 Å². The molecule has 2 aromatic heterocycles. The van der Waals surface area contributed by atoms with E-state index >= 15 is 0 Å². The van der Waals surface area contributed by atoms with Gasteiger partial charge in [-0.2, -0.15) is 0 Å². The summed E-state index contributed by atoms with van der Waals surface area (Å²) in [6.07, 6.45) is 4.88. The van der Waals surface area contributed by atoms with Gasteiger partial charge >= 0.3 is 5.97 Å². The fourth-order valence-corrected chi connectivity index (χ4v) is 3.65. The van der Waals surface area contributed by atoms with Crippen LogP contribution < -0.4 is 4.74 Å². The lowest BCUT2D eigenvalue weighted by molar-refractivity contribution is 0.0701. The summed E-state index contributed by atoms with van der Waals surface area (Å²) in [4.78, 5) is 24.2. The second kappa shape index (κ2) is 7.58. The van der Waals surface area contributed by atoms with E-state index in [-0.39, 0.29) is 4.88 Å². The van der Waals surface area contributed by atoms with Crippen LogP contribution in [0.15, 0.2) is 67.3 Å². The van der Waals surface area contributed by atoms with Gasteiger partial charge in [-0.1, -0.05) is 18.2 Å². The van der Waals surface area contributed by atoms with Crippen LogP contribution in [0.1, 0.15) is 15.4 Å². The lowest BCUT2D eigenvalue weighted by Crippen LogP contribution is -1.94. The number of benzene rings is 2. The van der Waals surface area contributed by atoms with Crippen LogP contribution in [0.4, 0.5) is 0 Å². The number of thiazole rings is 1. The van der Waals surface area contributed by atoms with E-state index in [2.05, 4.69) is 15.0 Å². The highest BCUT2D eigenvalue weighted by atomic mass is 32.1. The van der Waals surface area contributed by atoms with Crippen molar-refractivity contribution in [2.24, 2.45) is 0 Å². The Morgan fingerprint density at radius 1 is 1.04 bits per heavy atom. The van der Waals surface area contributed by atoms with E-state index in [4.69, 9.17) is 4.74 Å². The monoisotopic (exact) mass is 389 g/mol. The van der Waals surface area contributed by atoms with Gasteiger partial charge < -0.3 is 9.84 Å². The van der Waals surface area contributed by atoms with Crippen LogP contribution in [0, 0.1) is 6.92 Å². The van der Waals surface area contributed by atoms with E-state index in [0.29, 0.717) is 22.2 Å². The minimum absolute atomic E-state index is 0.240. The summed E-state index contributed by atoms with van der Waals surface area (Å²) in [6.45, 7) is 1.70. The van der Waals surface area contributed by atoms with E-state index in [1.807, 2.05) is 48.5 Å². The summed E-state index contributed by atoms with van der Waals surface area (Å²) in [7, 11) is 0. The van der Waals surface area contributed by atoms with Crippen LogP contribution in [0.3, 0.4) is 0 Å². The first kappa shape index (κ1) is 17.8. The third-order valence-electron chi connectivity index (χ3n) is 4.06. The van der Waals surface area contributed by atoms with E-state index in [0.717, 1.165) is 28.0 Å². The maximum absolute atomic E-state index is 11.3. The molecule has 138 valence electrons. The standard InChI is InChI=1S/C21H15N3O3S/c1-13-19(21(25)26)28-20(24-13)14-7-8-18(27-16-5-3-2-4-6-16)17(9-14)15-10-22-12-23-11-15/h2-12H,1H3,(H,25,26). The smallest absolute Gasteiger partial charge is 0.347 e. The third-order valence-corrected chi connectivity index (χ3v) is 5.25. The van der Waals surface area contributed by atoms with Crippen molar-refractivity contribution in [1.82, 2.24) is 15.0 Å². The van der Waals surface area contributed by atoms with Gasteiger partial charge in [0, 0.05) is 29.1 Å². The van der Waals surface area contributed by atoms with Crippen molar-refractivity contribution in [3.63, 3.8) is 0 Å². The van der Waals surface area contributed by atoms with E-state index in [1.165, 1.54) is 6.33 Å². The number of ether oxygens (including phenoxy) is 1. The van der Waals surface area contributed by atoms with Gasteiger partial charge in [0.15, 0.2) is 0 Å². The summed E-state index contributed by atoms with van der Waals surface area (Å²) in [5, 5.41) is 9.94. The number of hydrogen-bond acceptors (Lipinski definition) is 6. The van der Waals surface area contributed by atoms with Gasteiger partial charge in [0.2, 0.25) is 0 Å². The molecule has 4 rings (SSSR count). The van der Waals surface area contributed by atoms with Crippen LogP contribution in [0.5, 0.6) is 11.5 Å². The summed E-state index contributed by atoms with van der Waals surface area (Å²) in [6, 6.07) is 15.1. The molecule has 6 nitrogen and oxygen atoms in total. The Morgan fingerprint density at radius 3 is 2.46 bits per heavy atom. The quantitative estimate of drug-likeness (QED) is 0.513. The fourth-order valence-electron chi connectivity index (χ4n) is 2.75. The molecule has 0 radical (unpaired) electrons. The Balaban J connectivity index is 1.81. The number of nitrogens with zero attached hydrogens (tertiary/aromatic N) is 3. The Hall–Kier alpha value is -3.58. The zero-order chi connectivity index (χ0) is 19.5. The number of carboxylic acids is 1. The number of hydrogen-bond donors (Lipinski definition) is 1. The first-order valence-corrected chi connectivity index (χ1v) is 9.27. The number of carbonyl (C=O) groups is 1. The zero-order valence-electron chi connectivity index (χ0n) is 14.9. The molecular weight excluding hydrogens is 374 g/mol. The largest absolute Gasteiger partial charge is 0.477 e. The fraction of sp³-hybridized carbons (Fsp3) is 0.0476. The molecule has 0 aliphatic rings. The number of rotatable bonds is 5. The predicted molar refractivity (Wildman–Crippen MR) is 107 cm³/mol. The molecule has 0 saturated heterocycles. The molecule has 0 fully saturated rings. The maximum atomic E-state index is 11.3. The van der Waals surface area contributed by atoms with Crippen molar-refractivity contribution in [1.29, 1.82) is 0 Å². The average molecular weight is 389 g/mol. The molecular formula is C21H15N3O3S.